The van der Waals surface area contributed by atoms with Crippen LogP contribution in [0.25, 0.3) is 0 Å². The van der Waals surface area contributed by atoms with Gasteiger partial charge in [0.05, 0.1) is 0 Å². The molecule has 82 valence electrons. The smallest absolute Gasteiger partial charge is 0.209 e. The second-order valence-corrected chi connectivity index (χ2v) is 3.73. The van der Waals surface area contributed by atoms with Gasteiger partial charge in [-0.2, -0.15) is 0 Å². The van der Waals surface area contributed by atoms with Crippen molar-refractivity contribution in [2.24, 2.45) is 0 Å². The van der Waals surface area contributed by atoms with Gasteiger partial charge in [0.2, 0.25) is 6.41 Å². The van der Waals surface area contributed by atoms with Crippen LogP contribution in [-0.2, 0) is 11.3 Å². The number of amides is 1. The Morgan fingerprint density at radius 2 is 1.80 bits per heavy atom. The van der Waals surface area contributed by atoms with Crippen LogP contribution in [0, 0.1) is 0 Å². The maximum absolute atomic E-state index is 10.6. The Bertz CT molecular complexity index is 306. The van der Waals surface area contributed by atoms with Crippen molar-refractivity contribution >= 4 is 12.1 Å². The van der Waals surface area contributed by atoms with Crippen LogP contribution in [0.4, 0.5) is 5.69 Å². The van der Waals surface area contributed by atoms with Gasteiger partial charge in [0.1, 0.15) is 0 Å². The lowest BCUT2D eigenvalue weighted by Gasteiger charge is -2.16. The van der Waals surface area contributed by atoms with Crippen LogP contribution in [0.5, 0.6) is 0 Å². The van der Waals surface area contributed by atoms with Crippen molar-refractivity contribution < 1.29 is 4.79 Å². The number of carbonyl (C=O) groups is 1. The van der Waals surface area contributed by atoms with Crippen molar-refractivity contribution in [2.75, 3.05) is 25.5 Å². The van der Waals surface area contributed by atoms with E-state index in [0.29, 0.717) is 6.54 Å². The third kappa shape index (κ3) is 3.27. The molecule has 0 radical (unpaired) electrons. The molecule has 1 rings (SSSR count). The lowest BCUT2D eigenvalue weighted by Crippen LogP contribution is -2.20. The van der Waals surface area contributed by atoms with E-state index < -0.39 is 0 Å². The summed E-state index contributed by atoms with van der Waals surface area (Å²) in [5, 5.41) is 0. The fourth-order valence-electron chi connectivity index (χ4n) is 1.36. The van der Waals surface area contributed by atoms with E-state index in [-0.39, 0.29) is 0 Å². The highest BCUT2D eigenvalue weighted by molar-refractivity contribution is 5.49. The molecule has 0 N–H and O–H groups in total. The molecule has 1 amide bonds. The van der Waals surface area contributed by atoms with Crippen molar-refractivity contribution in [1.82, 2.24) is 4.90 Å². The van der Waals surface area contributed by atoms with Gasteiger partial charge in [-0.1, -0.05) is 12.1 Å². The molecule has 0 fully saturated rings. The molecule has 0 bridgehead atoms. The molecule has 0 aliphatic heterocycles. The molecular formula is C12H18N2O. The number of carbonyl (C=O) groups excluding carboxylic acids is 1. The van der Waals surface area contributed by atoms with E-state index in [1.165, 1.54) is 5.69 Å². The summed E-state index contributed by atoms with van der Waals surface area (Å²) >= 11 is 0. The van der Waals surface area contributed by atoms with Crippen LogP contribution in [0.2, 0.25) is 0 Å². The Kier molecular flexibility index (Phi) is 4.16. The molecule has 15 heavy (non-hydrogen) atoms. The molecule has 0 heterocycles. The van der Waals surface area contributed by atoms with Crippen molar-refractivity contribution in [1.29, 1.82) is 0 Å². The fraction of sp³-hybridized carbons (Fsp3) is 0.417. The molecule has 3 nitrogen and oxygen atoms in total. The number of benzene rings is 1. The summed E-state index contributed by atoms with van der Waals surface area (Å²) < 4.78 is 0. The predicted octanol–water partition coefficient (Wildman–Crippen LogP) is 1.73. The highest BCUT2D eigenvalue weighted by Gasteiger charge is 2.00. The first-order chi connectivity index (χ1) is 7.17. The maximum Gasteiger partial charge on any atom is 0.209 e. The molecular weight excluding hydrogens is 188 g/mol. The van der Waals surface area contributed by atoms with E-state index in [1.54, 1.807) is 4.90 Å². The van der Waals surface area contributed by atoms with Gasteiger partial charge in [0, 0.05) is 32.9 Å². The van der Waals surface area contributed by atoms with Crippen LogP contribution < -0.4 is 4.90 Å². The monoisotopic (exact) mass is 206 g/mol. The van der Waals surface area contributed by atoms with Gasteiger partial charge in [0.25, 0.3) is 0 Å². The highest BCUT2D eigenvalue weighted by atomic mass is 16.1. The number of anilines is 1. The van der Waals surface area contributed by atoms with Gasteiger partial charge < -0.3 is 9.80 Å². The van der Waals surface area contributed by atoms with E-state index >= 15 is 0 Å². The normalized spacial score (nSPS) is 9.80. The topological polar surface area (TPSA) is 23.6 Å². The Morgan fingerprint density at radius 3 is 2.20 bits per heavy atom. The first-order valence-electron chi connectivity index (χ1n) is 5.13. The minimum atomic E-state index is 0.688. The van der Waals surface area contributed by atoms with Crippen molar-refractivity contribution in [2.45, 2.75) is 13.5 Å². The lowest BCUT2D eigenvalue weighted by molar-refractivity contribution is -0.118. The Labute approximate surface area is 91.3 Å². The van der Waals surface area contributed by atoms with Gasteiger partial charge in [-0.15, -0.1) is 0 Å². The summed E-state index contributed by atoms with van der Waals surface area (Å²) in [5.41, 5.74) is 2.34. The summed E-state index contributed by atoms with van der Waals surface area (Å²) in [6, 6.07) is 8.24. The van der Waals surface area contributed by atoms with E-state index in [9.17, 15) is 4.79 Å². The number of hydrogen-bond acceptors (Lipinski definition) is 2. The minimum Gasteiger partial charge on any atom is -0.378 e. The average Bonchev–Trinajstić information content (AvgIpc) is 2.26. The van der Waals surface area contributed by atoms with Gasteiger partial charge in [-0.25, -0.2) is 0 Å². The zero-order chi connectivity index (χ0) is 11.3. The van der Waals surface area contributed by atoms with Crippen LogP contribution in [0.15, 0.2) is 24.3 Å². The van der Waals surface area contributed by atoms with Gasteiger partial charge >= 0.3 is 0 Å². The molecule has 0 saturated heterocycles. The zero-order valence-corrected chi connectivity index (χ0v) is 9.60. The van der Waals surface area contributed by atoms with Crippen molar-refractivity contribution in [3.05, 3.63) is 29.8 Å². The zero-order valence-electron chi connectivity index (χ0n) is 9.60. The number of hydrogen-bond donors (Lipinski definition) is 0. The second-order valence-electron chi connectivity index (χ2n) is 3.73. The summed E-state index contributed by atoms with van der Waals surface area (Å²) in [4.78, 5) is 14.4. The molecule has 0 spiro atoms. The van der Waals surface area contributed by atoms with Gasteiger partial charge in [-0.3, -0.25) is 4.79 Å². The van der Waals surface area contributed by atoms with Crippen LogP contribution in [0.1, 0.15) is 12.5 Å². The molecule has 0 saturated carbocycles. The highest BCUT2D eigenvalue weighted by Crippen LogP contribution is 2.13. The Balaban J connectivity index is 2.67. The molecule has 1 aromatic carbocycles. The van der Waals surface area contributed by atoms with E-state index in [1.807, 2.05) is 21.0 Å². The van der Waals surface area contributed by atoms with Crippen LogP contribution in [-0.4, -0.2) is 32.0 Å². The SMILES string of the molecule is CCN(C=O)Cc1ccc(N(C)C)cc1. The predicted molar refractivity (Wildman–Crippen MR) is 62.9 cm³/mol. The Hall–Kier alpha value is -1.51. The first-order valence-corrected chi connectivity index (χ1v) is 5.13. The van der Waals surface area contributed by atoms with E-state index in [4.69, 9.17) is 0 Å². The number of rotatable bonds is 5. The second kappa shape index (κ2) is 5.39. The lowest BCUT2D eigenvalue weighted by atomic mass is 10.2. The largest absolute Gasteiger partial charge is 0.378 e. The van der Waals surface area contributed by atoms with Crippen LogP contribution >= 0.6 is 0 Å². The molecule has 0 aliphatic carbocycles. The van der Waals surface area contributed by atoms with Crippen molar-refractivity contribution in [3.8, 4) is 0 Å². The summed E-state index contributed by atoms with van der Waals surface area (Å²) in [6.45, 7) is 3.41. The Morgan fingerprint density at radius 1 is 1.20 bits per heavy atom. The van der Waals surface area contributed by atoms with Gasteiger partial charge in [-0.05, 0) is 24.6 Å². The number of nitrogens with zero attached hydrogens (tertiary/aromatic N) is 2. The molecule has 0 aliphatic rings. The van der Waals surface area contributed by atoms with Crippen LogP contribution in [0.3, 0.4) is 0 Å². The standard InChI is InChI=1S/C12H18N2O/c1-4-14(10-15)9-11-5-7-12(8-6-11)13(2)3/h5-8,10H,4,9H2,1-3H3. The molecule has 0 aromatic heterocycles. The summed E-state index contributed by atoms with van der Waals surface area (Å²) in [7, 11) is 4.03. The molecule has 0 unspecified atom stereocenters. The first kappa shape index (κ1) is 11.6. The quantitative estimate of drug-likeness (QED) is 0.685. The third-order valence-electron chi connectivity index (χ3n) is 2.39. The third-order valence-corrected chi connectivity index (χ3v) is 2.39. The van der Waals surface area contributed by atoms with E-state index in [0.717, 1.165) is 18.5 Å². The molecule has 1 aromatic rings. The summed E-state index contributed by atoms with van der Waals surface area (Å²) in [6.07, 6.45) is 0.889. The van der Waals surface area contributed by atoms with Gasteiger partial charge in [0.15, 0.2) is 0 Å². The fourth-order valence-corrected chi connectivity index (χ4v) is 1.36. The molecule has 0 atom stereocenters. The minimum absolute atomic E-state index is 0.688. The summed E-state index contributed by atoms with van der Waals surface area (Å²) in [5.74, 6) is 0. The average molecular weight is 206 g/mol. The molecule has 3 heteroatoms. The maximum atomic E-state index is 10.6. The van der Waals surface area contributed by atoms with Crippen molar-refractivity contribution in [3.63, 3.8) is 0 Å². The van der Waals surface area contributed by atoms with E-state index in [2.05, 4.69) is 29.2 Å².